The van der Waals surface area contributed by atoms with Gasteiger partial charge in [0.1, 0.15) is 0 Å². The molecule has 1 aliphatic heterocycles. The van der Waals surface area contributed by atoms with Crippen LogP contribution in [0.5, 0.6) is 0 Å². The first-order chi connectivity index (χ1) is 7.59. The van der Waals surface area contributed by atoms with E-state index in [0.717, 1.165) is 19.4 Å². The minimum Gasteiger partial charge on any atom is -0.379 e. The van der Waals surface area contributed by atoms with Crippen LogP contribution < -0.4 is 5.73 Å². The zero-order valence-corrected chi connectivity index (χ0v) is 11.1. The molecule has 0 radical (unpaired) electrons. The molecule has 96 valence electrons. The minimum atomic E-state index is 0.368. The van der Waals surface area contributed by atoms with Gasteiger partial charge in [-0.25, -0.2) is 0 Å². The Kier molecular flexibility index (Phi) is 6.32. The molecule has 0 aromatic carbocycles. The van der Waals surface area contributed by atoms with Gasteiger partial charge in [0.25, 0.3) is 0 Å². The number of unbranched alkanes of at least 4 members (excludes halogenated alkanes) is 1. The molecule has 1 rings (SSSR count). The first-order valence-corrected chi connectivity index (χ1v) is 6.71. The van der Waals surface area contributed by atoms with Gasteiger partial charge in [0.05, 0.1) is 6.10 Å². The van der Waals surface area contributed by atoms with Crippen LogP contribution in [0, 0.1) is 0 Å². The largest absolute Gasteiger partial charge is 0.379 e. The molecule has 3 nitrogen and oxygen atoms in total. The van der Waals surface area contributed by atoms with Gasteiger partial charge in [0, 0.05) is 18.7 Å². The number of nitrogens with zero attached hydrogens (tertiary/aromatic N) is 1. The molecule has 3 heteroatoms. The molecule has 16 heavy (non-hydrogen) atoms. The first-order valence-electron chi connectivity index (χ1n) is 6.71. The molecular weight excluding hydrogens is 200 g/mol. The van der Waals surface area contributed by atoms with Gasteiger partial charge in [-0.15, -0.1) is 0 Å². The second-order valence-corrected chi connectivity index (χ2v) is 5.30. The van der Waals surface area contributed by atoms with Gasteiger partial charge in [-0.1, -0.05) is 0 Å². The van der Waals surface area contributed by atoms with E-state index in [9.17, 15) is 0 Å². The Morgan fingerprint density at radius 3 is 2.75 bits per heavy atom. The van der Waals surface area contributed by atoms with Gasteiger partial charge in [0.2, 0.25) is 0 Å². The highest BCUT2D eigenvalue weighted by molar-refractivity contribution is 4.80. The van der Waals surface area contributed by atoms with Crippen LogP contribution in [0.2, 0.25) is 0 Å². The third-order valence-corrected chi connectivity index (χ3v) is 3.35. The molecule has 2 atom stereocenters. The zero-order valence-electron chi connectivity index (χ0n) is 11.1. The van der Waals surface area contributed by atoms with Crippen LogP contribution in [0.4, 0.5) is 0 Å². The lowest BCUT2D eigenvalue weighted by Crippen LogP contribution is -2.45. The summed E-state index contributed by atoms with van der Waals surface area (Å²) >= 11 is 0. The number of piperidine rings is 1. The monoisotopic (exact) mass is 228 g/mol. The van der Waals surface area contributed by atoms with E-state index in [1.165, 1.54) is 25.9 Å². The van der Waals surface area contributed by atoms with E-state index in [-0.39, 0.29) is 0 Å². The number of nitrogens with two attached hydrogens (primary N) is 1. The summed E-state index contributed by atoms with van der Waals surface area (Å²) in [6, 6.07) is 1.09. The van der Waals surface area contributed by atoms with Crippen molar-refractivity contribution in [3.63, 3.8) is 0 Å². The molecule has 1 aliphatic rings. The topological polar surface area (TPSA) is 38.5 Å². The van der Waals surface area contributed by atoms with E-state index in [4.69, 9.17) is 10.5 Å². The van der Waals surface area contributed by atoms with Gasteiger partial charge in [-0.2, -0.15) is 0 Å². The molecule has 1 saturated heterocycles. The van der Waals surface area contributed by atoms with E-state index < -0.39 is 0 Å². The van der Waals surface area contributed by atoms with Crippen molar-refractivity contribution >= 4 is 0 Å². The molecule has 2 unspecified atom stereocenters. The smallest absolute Gasteiger partial charge is 0.0518 e. The van der Waals surface area contributed by atoms with Crippen LogP contribution in [0.1, 0.15) is 46.5 Å². The molecule has 0 bridgehead atoms. The van der Waals surface area contributed by atoms with E-state index in [1.54, 1.807) is 0 Å². The maximum absolute atomic E-state index is 5.95. The molecule has 0 saturated carbocycles. The molecule has 2 N–H and O–H groups in total. The van der Waals surface area contributed by atoms with Crippen LogP contribution in [0.25, 0.3) is 0 Å². The second kappa shape index (κ2) is 7.25. The molecule has 0 spiro atoms. The summed E-state index contributed by atoms with van der Waals surface area (Å²) in [7, 11) is 0. The lowest BCUT2D eigenvalue weighted by atomic mass is 9.99. The molecule has 0 aromatic rings. The van der Waals surface area contributed by atoms with Crippen molar-refractivity contribution in [3.8, 4) is 0 Å². The van der Waals surface area contributed by atoms with E-state index in [1.807, 2.05) is 0 Å². The second-order valence-electron chi connectivity index (χ2n) is 5.30. The Bertz CT molecular complexity index is 185. The fourth-order valence-corrected chi connectivity index (χ4v) is 2.33. The molecule has 1 fully saturated rings. The third kappa shape index (κ3) is 5.28. The highest BCUT2D eigenvalue weighted by Crippen LogP contribution is 2.16. The summed E-state index contributed by atoms with van der Waals surface area (Å²) in [5.41, 5.74) is 5.95. The fraction of sp³-hybridized carbons (Fsp3) is 1.00. The Labute approximate surface area is 100 Å². The van der Waals surface area contributed by atoms with Crippen molar-refractivity contribution in [2.75, 3.05) is 19.7 Å². The lowest BCUT2D eigenvalue weighted by Gasteiger charge is -2.36. The Balaban J connectivity index is 2.04. The summed E-state index contributed by atoms with van der Waals surface area (Å²) < 4.78 is 5.54. The van der Waals surface area contributed by atoms with Crippen molar-refractivity contribution in [1.82, 2.24) is 4.90 Å². The normalized spacial score (nSPS) is 27.6. The van der Waals surface area contributed by atoms with Crippen molar-refractivity contribution < 1.29 is 4.74 Å². The number of rotatable bonds is 6. The van der Waals surface area contributed by atoms with Crippen LogP contribution in [-0.4, -0.2) is 42.8 Å². The Morgan fingerprint density at radius 2 is 2.12 bits per heavy atom. The van der Waals surface area contributed by atoms with Gasteiger partial charge in [0.15, 0.2) is 0 Å². The summed E-state index contributed by atoms with van der Waals surface area (Å²) in [5, 5.41) is 0. The maximum atomic E-state index is 5.95. The lowest BCUT2D eigenvalue weighted by molar-refractivity contribution is 0.0712. The predicted octanol–water partition coefficient (Wildman–Crippen LogP) is 2.00. The van der Waals surface area contributed by atoms with Crippen molar-refractivity contribution in [3.05, 3.63) is 0 Å². The zero-order chi connectivity index (χ0) is 12.0. The quantitative estimate of drug-likeness (QED) is 0.707. The molecular formula is C13H28N2O. The minimum absolute atomic E-state index is 0.368. The van der Waals surface area contributed by atoms with Crippen molar-refractivity contribution in [2.45, 2.75) is 64.6 Å². The van der Waals surface area contributed by atoms with Gasteiger partial charge < -0.3 is 15.4 Å². The molecule has 1 heterocycles. The molecule has 0 aromatic heterocycles. The molecule has 0 amide bonds. The van der Waals surface area contributed by atoms with Crippen LogP contribution in [0.15, 0.2) is 0 Å². The highest BCUT2D eigenvalue weighted by Gasteiger charge is 2.22. The predicted molar refractivity (Wildman–Crippen MR) is 68.6 cm³/mol. The number of ether oxygens (including phenoxy) is 1. The standard InChI is InChI=1S/C13H28N2O/c1-11(2)16-9-5-4-7-15-8-6-13(14)10-12(15)3/h11-13H,4-10,14H2,1-3H3. The van der Waals surface area contributed by atoms with Crippen LogP contribution >= 0.6 is 0 Å². The summed E-state index contributed by atoms with van der Waals surface area (Å²) in [5.74, 6) is 0. The number of hydrogen-bond donors (Lipinski definition) is 1. The first kappa shape index (κ1) is 13.9. The maximum Gasteiger partial charge on any atom is 0.0518 e. The highest BCUT2D eigenvalue weighted by atomic mass is 16.5. The van der Waals surface area contributed by atoms with Crippen LogP contribution in [0.3, 0.4) is 0 Å². The third-order valence-electron chi connectivity index (χ3n) is 3.35. The fourth-order valence-electron chi connectivity index (χ4n) is 2.33. The SMILES string of the molecule is CC(C)OCCCCN1CCC(N)CC1C. The van der Waals surface area contributed by atoms with Gasteiger partial charge in [-0.05, 0) is 59.5 Å². The van der Waals surface area contributed by atoms with Crippen LogP contribution in [-0.2, 0) is 4.74 Å². The Morgan fingerprint density at radius 1 is 1.38 bits per heavy atom. The average molecular weight is 228 g/mol. The van der Waals surface area contributed by atoms with E-state index in [0.29, 0.717) is 18.2 Å². The van der Waals surface area contributed by atoms with Gasteiger partial charge in [-0.3, -0.25) is 0 Å². The van der Waals surface area contributed by atoms with E-state index >= 15 is 0 Å². The summed E-state index contributed by atoms with van der Waals surface area (Å²) in [6.45, 7) is 9.76. The average Bonchev–Trinajstić information content (AvgIpc) is 2.20. The van der Waals surface area contributed by atoms with Crippen molar-refractivity contribution in [2.24, 2.45) is 5.73 Å². The van der Waals surface area contributed by atoms with E-state index in [2.05, 4.69) is 25.7 Å². The molecule has 0 aliphatic carbocycles. The summed E-state index contributed by atoms with van der Waals surface area (Å²) in [4.78, 5) is 2.57. The number of hydrogen-bond acceptors (Lipinski definition) is 3. The number of likely N-dealkylation sites (tertiary alicyclic amines) is 1. The summed E-state index contributed by atoms with van der Waals surface area (Å²) in [6.07, 6.45) is 5.10. The Hall–Kier alpha value is -0.120. The van der Waals surface area contributed by atoms with Crippen molar-refractivity contribution in [1.29, 1.82) is 0 Å². The van der Waals surface area contributed by atoms with Gasteiger partial charge >= 0.3 is 0 Å².